The number of hydrogen-bond donors (Lipinski definition) is 3. The molecule has 228 valence electrons. The smallest absolute Gasteiger partial charge is 0.307 e. The number of rotatable bonds is 10. The Morgan fingerprint density at radius 1 is 0.875 bits per heavy atom. The minimum atomic E-state index is -3.72. The summed E-state index contributed by atoms with van der Waals surface area (Å²) < 4.78 is 55.9. The van der Waals surface area contributed by atoms with Crippen molar-refractivity contribution in [1.82, 2.24) is 9.44 Å². The molecule has 4 atom stereocenters. The van der Waals surface area contributed by atoms with Gasteiger partial charge in [-0.2, -0.15) is 0 Å². The summed E-state index contributed by atoms with van der Waals surface area (Å²) in [5, 5.41) is 0. The third kappa shape index (κ3) is 6.91. The lowest BCUT2D eigenvalue weighted by atomic mass is 9.98. The maximum absolute atomic E-state index is 12.5. The molecule has 0 saturated heterocycles. The molecule has 0 radical (unpaired) electrons. The fraction of sp³-hybridized carbons (Fsp3) is 0.731. The lowest BCUT2D eigenvalue weighted by Crippen LogP contribution is -2.49. The van der Waals surface area contributed by atoms with Crippen molar-refractivity contribution in [1.29, 1.82) is 0 Å². The Kier molecular flexibility index (Phi) is 9.16. The van der Waals surface area contributed by atoms with E-state index in [-0.39, 0.29) is 30.7 Å². The van der Waals surface area contributed by atoms with Crippen molar-refractivity contribution in [3.63, 3.8) is 0 Å². The summed E-state index contributed by atoms with van der Waals surface area (Å²) in [5.74, 6) is -2.06. The molecule has 0 aromatic heterocycles. The molecule has 4 fully saturated rings. The molecular formula is C26H42ClN3O8S2. The largest absolute Gasteiger partial charge is 0.460 e. The van der Waals surface area contributed by atoms with Crippen LogP contribution in [0, 0.1) is 17.3 Å². The molecule has 4 N–H and O–H groups in total. The van der Waals surface area contributed by atoms with Crippen LogP contribution in [-0.2, 0) is 39.2 Å². The Morgan fingerprint density at radius 2 is 1.30 bits per heavy atom. The number of carbonyl (C=O) groups is 3. The highest BCUT2D eigenvalue weighted by molar-refractivity contribution is 7.92. The van der Waals surface area contributed by atoms with E-state index in [1.165, 1.54) is 0 Å². The summed E-state index contributed by atoms with van der Waals surface area (Å²) in [6, 6.07) is 0. The third-order valence-electron chi connectivity index (χ3n) is 8.18. The Hall–Kier alpha value is -1.96. The van der Waals surface area contributed by atoms with Crippen LogP contribution in [-0.4, -0.2) is 55.3 Å². The standard InChI is InChI=1S/C16H25NO5S.C10H16N2O3S.ClH/c1-6-11-9-16(11,10-12(18)22-14(2,3)4)13(19)17-23(20,21)15(5)7-8-15;1-3-7-6-10(7,11)8(13)12-16(14,15)9(2)4-5-9;/h6,11H,1,7-10H2,2-5H3,(H,17,19);3,7H,1,4-6,11H2,2H3,(H,12,13);1H/t11-,16-;7-,10-;/m11./s1. The number of carbonyl (C=O) groups excluding carboxylic acids is 3. The van der Waals surface area contributed by atoms with E-state index in [0.29, 0.717) is 38.5 Å². The maximum Gasteiger partial charge on any atom is 0.307 e. The van der Waals surface area contributed by atoms with Gasteiger partial charge in [-0.05, 0) is 79.1 Å². The van der Waals surface area contributed by atoms with Crippen molar-refractivity contribution < 1.29 is 36.0 Å². The minimum absolute atomic E-state index is 0. The normalized spacial score (nSPS) is 30.6. The molecule has 0 bridgehead atoms. The van der Waals surface area contributed by atoms with E-state index in [1.807, 2.05) is 0 Å². The summed E-state index contributed by atoms with van der Waals surface area (Å²) in [6.45, 7) is 15.7. The average molecular weight is 624 g/mol. The van der Waals surface area contributed by atoms with E-state index < -0.39 is 63.9 Å². The van der Waals surface area contributed by atoms with E-state index in [1.54, 1.807) is 46.8 Å². The first-order valence-electron chi connectivity index (χ1n) is 13.0. The molecule has 4 aliphatic carbocycles. The van der Waals surface area contributed by atoms with Crippen molar-refractivity contribution in [3.05, 3.63) is 25.3 Å². The van der Waals surface area contributed by atoms with Crippen molar-refractivity contribution in [2.75, 3.05) is 0 Å². The van der Waals surface area contributed by atoms with Crippen LogP contribution in [0.1, 0.15) is 79.6 Å². The number of nitrogens with two attached hydrogens (primary N) is 1. The lowest BCUT2D eigenvalue weighted by molar-refractivity contribution is -0.158. The number of amides is 2. The first-order chi connectivity index (χ1) is 17.6. The molecule has 0 aliphatic heterocycles. The van der Waals surface area contributed by atoms with Gasteiger partial charge < -0.3 is 10.5 Å². The van der Waals surface area contributed by atoms with Crippen LogP contribution in [0.15, 0.2) is 25.3 Å². The van der Waals surface area contributed by atoms with Crippen LogP contribution in [0.25, 0.3) is 0 Å². The molecular weight excluding hydrogens is 582 g/mol. The fourth-order valence-electron chi connectivity index (χ4n) is 4.26. The molecule has 4 aliphatic rings. The summed E-state index contributed by atoms with van der Waals surface area (Å²) in [5.41, 5.74) is 2.99. The molecule has 0 unspecified atom stereocenters. The number of nitrogens with one attached hydrogen (secondary N) is 2. The Bertz CT molecular complexity index is 1300. The number of halogens is 1. The number of sulfonamides is 2. The second-order valence-corrected chi connectivity index (χ2v) is 17.2. The van der Waals surface area contributed by atoms with Gasteiger partial charge in [-0.15, -0.1) is 25.6 Å². The van der Waals surface area contributed by atoms with Gasteiger partial charge in [0.1, 0.15) is 11.1 Å². The highest BCUT2D eigenvalue weighted by atomic mass is 35.5. The summed E-state index contributed by atoms with van der Waals surface area (Å²) in [4.78, 5) is 36.3. The summed E-state index contributed by atoms with van der Waals surface area (Å²) in [6.07, 6.45) is 6.19. The van der Waals surface area contributed by atoms with Crippen LogP contribution in [0.4, 0.5) is 0 Å². The third-order valence-corrected chi connectivity index (χ3v) is 12.5. The van der Waals surface area contributed by atoms with Gasteiger partial charge in [0.25, 0.3) is 5.91 Å². The van der Waals surface area contributed by atoms with E-state index >= 15 is 0 Å². The quantitative estimate of drug-likeness (QED) is 0.243. The Balaban J connectivity index is 0.000000290. The number of ether oxygens (including phenoxy) is 1. The van der Waals surface area contributed by atoms with Gasteiger partial charge >= 0.3 is 5.97 Å². The van der Waals surface area contributed by atoms with Gasteiger partial charge in [0.05, 0.1) is 21.3 Å². The molecule has 4 saturated carbocycles. The molecule has 0 aromatic carbocycles. The van der Waals surface area contributed by atoms with Crippen LogP contribution < -0.4 is 15.2 Å². The van der Waals surface area contributed by atoms with E-state index in [9.17, 15) is 31.2 Å². The van der Waals surface area contributed by atoms with Crippen LogP contribution in [0.5, 0.6) is 0 Å². The lowest BCUT2D eigenvalue weighted by Gasteiger charge is -2.23. The minimum Gasteiger partial charge on any atom is -0.460 e. The van der Waals surface area contributed by atoms with Gasteiger partial charge in [-0.1, -0.05) is 12.2 Å². The number of allylic oxidation sites excluding steroid dienone is 1. The average Bonchev–Trinajstić information content (AvgIpc) is 3.60. The van der Waals surface area contributed by atoms with Crippen LogP contribution in [0.2, 0.25) is 0 Å². The second kappa shape index (κ2) is 10.7. The van der Waals surface area contributed by atoms with Gasteiger partial charge in [0.2, 0.25) is 26.0 Å². The van der Waals surface area contributed by atoms with Gasteiger partial charge in [-0.25, -0.2) is 16.8 Å². The van der Waals surface area contributed by atoms with Crippen molar-refractivity contribution in [2.24, 2.45) is 23.0 Å². The van der Waals surface area contributed by atoms with E-state index in [4.69, 9.17) is 10.5 Å². The second-order valence-electron chi connectivity index (χ2n) is 12.8. The predicted octanol–water partition coefficient (Wildman–Crippen LogP) is 2.22. The Morgan fingerprint density at radius 3 is 1.62 bits per heavy atom. The molecule has 11 nitrogen and oxygen atoms in total. The topological polar surface area (TPSA) is 179 Å². The zero-order valence-corrected chi connectivity index (χ0v) is 26.2. The summed E-state index contributed by atoms with van der Waals surface area (Å²) in [7, 11) is -7.29. The number of esters is 1. The zero-order valence-electron chi connectivity index (χ0n) is 23.7. The first-order valence-corrected chi connectivity index (χ1v) is 16.0. The zero-order chi connectivity index (χ0) is 29.9. The van der Waals surface area contributed by atoms with Gasteiger partial charge in [-0.3, -0.25) is 23.8 Å². The maximum atomic E-state index is 12.5. The molecule has 2 amide bonds. The van der Waals surface area contributed by atoms with E-state index in [0.717, 1.165) is 0 Å². The van der Waals surface area contributed by atoms with Gasteiger partial charge in [0.15, 0.2) is 0 Å². The van der Waals surface area contributed by atoms with Crippen molar-refractivity contribution in [2.45, 2.75) is 100 Å². The van der Waals surface area contributed by atoms with Crippen LogP contribution >= 0.6 is 12.4 Å². The fourth-order valence-corrected chi connectivity index (χ4v) is 6.91. The molecule has 14 heteroatoms. The molecule has 4 rings (SSSR count). The first kappa shape index (κ1) is 34.2. The van der Waals surface area contributed by atoms with Gasteiger partial charge in [0, 0.05) is 5.92 Å². The molecule has 0 heterocycles. The monoisotopic (exact) mass is 623 g/mol. The molecule has 0 aromatic rings. The highest BCUT2D eigenvalue weighted by Gasteiger charge is 2.62. The number of hydrogen-bond acceptors (Lipinski definition) is 9. The SMILES string of the molecule is C=C[C@@H]1C[C@]1(CC(=O)OC(C)(C)C)C(=O)NS(=O)(=O)C1(C)CC1.C=C[C@@H]1C[C@]1(N)C(=O)NS(=O)(=O)C1(C)CC1.Cl. The van der Waals surface area contributed by atoms with Crippen molar-refractivity contribution in [3.8, 4) is 0 Å². The summed E-state index contributed by atoms with van der Waals surface area (Å²) >= 11 is 0. The molecule has 40 heavy (non-hydrogen) atoms. The predicted molar refractivity (Wildman–Crippen MR) is 153 cm³/mol. The van der Waals surface area contributed by atoms with Crippen LogP contribution in [0.3, 0.4) is 0 Å². The highest BCUT2D eigenvalue weighted by Crippen LogP contribution is 2.57. The van der Waals surface area contributed by atoms with E-state index in [2.05, 4.69) is 22.6 Å². The van der Waals surface area contributed by atoms with Crippen molar-refractivity contribution >= 4 is 50.2 Å². The Labute approximate surface area is 243 Å². The molecule has 0 spiro atoms.